The summed E-state index contributed by atoms with van der Waals surface area (Å²) in [5.41, 5.74) is 0.661. The molecule has 2 aromatic rings. The number of hydrogen-bond donors (Lipinski definition) is 1. The van der Waals surface area contributed by atoms with Crippen molar-refractivity contribution in [3.05, 3.63) is 45.7 Å². The molecule has 0 spiro atoms. The molecule has 1 amide bonds. The van der Waals surface area contributed by atoms with Gasteiger partial charge in [-0.3, -0.25) is 9.69 Å². The van der Waals surface area contributed by atoms with Crippen LogP contribution in [0.5, 0.6) is 0 Å². The Morgan fingerprint density at radius 1 is 1.48 bits per heavy atom. The third kappa shape index (κ3) is 3.08. The van der Waals surface area contributed by atoms with E-state index >= 15 is 0 Å². The number of nitrogens with one attached hydrogen (secondary N) is 1. The summed E-state index contributed by atoms with van der Waals surface area (Å²) in [6.45, 7) is 3.72. The smallest absolute Gasteiger partial charge is 0.242 e. The number of benzene rings is 1. The number of carbonyl (C=O) groups is 1. The van der Waals surface area contributed by atoms with Crippen LogP contribution in [-0.4, -0.2) is 34.1 Å². The fraction of sp³-hybridized carbons (Fsp3) is 0.357. The average molecular weight is 306 g/mol. The number of hydrogen-bond acceptors (Lipinski definition) is 5. The van der Waals surface area contributed by atoms with Crippen LogP contribution in [0.2, 0.25) is 0 Å². The molecule has 5 nitrogen and oxygen atoms in total. The van der Waals surface area contributed by atoms with Crippen LogP contribution in [-0.2, 0) is 11.3 Å². The summed E-state index contributed by atoms with van der Waals surface area (Å²) < 4.78 is 13.4. The van der Waals surface area contributed by atoms with E-state index in [1.807, 2.05) is 11.8 Å². The molecule has 1 fully saturated rings. The van der Waals surface area contributed by atoms with Gasteiger partial charge in [-0.05, 0) is 24.6 Å². The monoisotopic (exact) mass is 306 g/mol. The lowest BCUT2D eigenvalue weighted by molar-refractivity contribution is -0.129. The van der Waals surface area contributed by atoms with Crippen molar-refractivity contribution in [2.24, 2.45) is 0 Å². The number of aromatic nitrogens is 2. The Balaban J connectivity index is 1.87. The van der Waals surface area contributed by atoms with Crippen molar-refractivity contribution in [1.82, 2.24) is 20.4 Å². The van der Waals surface area contributed by atoms with E-state index in [1.165, 1.54) is 23.5 Å². The summed E-state index contributed by atoms with van der Waals surface area (Å²) in [7, 11) is 0. The van der Waals surface area contributed by atoms with Crippen LogP contribution in [0.4, 0.5) is 4.39 Å². The van der Waals surface area contributed by atoms with Crippen LogP contribution in [0.25, 0.3) is 0 Å². The van der Waals surface area contributed by atoms with Gasteiger partial charge in [-0.2, -0.15) is 0 Å². The largest absolute Gasteiger partial charge is 0.353 e. The fourth-order valence-electron chi connectivity index (χ4n) is 2.50. The van der Waals surface area contributed by atoms with Gasteiger partial charge in [-0.1, -0.05) is 12.1 Å². The van der Waals surface area contributed by atoms with Gasteiger partial charge in [0.2, 0.25) is 5.91 Å². The molecule has 0 bridgehead atoms. The third-order valence-electron chi connectivity index (χ3n) is 3.38. The maximum atomic E-state index is 13.4. The van der Waals surface area contributed by atoms with Crippen LogP contribution >= 0.6 is 11.3 Å². The Morgan fingerprint density at radius 3 is 3.05 bits per heavy atom. The minimum absolute atomic E-state index is 0.104. The predicted molar refractivity (Wildman–Crippen MR) is 77.2 cm³/mol. The second kappa shape index (κ2) is 5.87. The highest BCUT2D eigenvalue weighted by Crippen LogP contribution is 2.26. The highest BCUT2D eigenvalue weighted by Gasteiger charge is 2.31. The molecular weight excluding hydrogens is 291 g/mol. The van der Waals surface area contributed by atoms with Crippen LogP contribution < -0.4 is 5.32 Å². The molecule has 1 aromatic carbocycles. The number of carbonyl (C=O) groups excluding carboxylic acids is 1. The quantitative estimate of drug-likeness (QED) is 0.937. The van der Waals surface area contributed by atoms with Gasteiger partial charge in [0.05, 0.1) is 6.54 Å². The standard InChI is InChI=1S/C14H15FN4OS/c1-9-17-18-12(21-9)8-19-6-5-16-14(20)13(19)10-3-2-4-11(15)7-10/h2-4,7,13H,5-6,8H2,1H3,(H,16,20)/t13-/m1/s1. The Labute approximate surface area is 125 Å². The lowest BCUT2D eigenvalue weighted by Crippen LogP contribution is -2.49. The van der Waals surface area contributed by atoms with Gasteiger partial charge < -0.3 is 5.32 Å². The van der Waals surface area contributed by atoms with Crippen LogP contribution in [0.3, 0.4) is 0 Å². The van der Waals surface area contributed by atoms with Gasteiger partial charge in [-0.25, -0.2) is 4.39 Å². The first-order valence-corrected chi connectivity index (χ1v) is 7.51. The van der Waals surface area contributed by atoms with Crippen LogP contribution in [0.15, 0.2) is 24.3 Å². The lowest BCUT2D eigenvalue weighted by Gasteiger charge is -2.34. The van der Waals surface area contributed by atoms with E-state index in [0.29, 0.717) is 25.2 Å². The summed E-state index contributed by atoms with van der Waals surface area (Å²) in [6, 6.07) is 5.70. The molecule has 0 aliphatic carbocycles. The minimum atomic E-state index is -0.487. The molecular formula is C14H15FN4OS. The predicted octanol–water partition coefficient (Wildman–Crippen LogP) is 1.66. The Kier molecular flexibility index (Phi) is 3.94. The second-order valence-corrected chi connectivity index (χ2v) is 6.20. The van der Waals surface area contributed by atoms with E-state index < -0.39 is 6.04 Å². The highest BCUT2D eigenvalue weighted by atomic mass is 32.1. The number of amides is 1. The number of nitrogens with zero attached hydrogens (tertiary/aromatic N) is 3. The summed E-state index contributed by atoms with van der Waals surface area (Å²) >= 11 is 1.51. The Morgan fingerprint density at radius 2 is 2.33 bits per heavy atom. The van der Waals surface area contributed by atoms with Crippen molar-refractivity contribution in [2.75, 3.05) is 13.1 Å². The van der Waals surface area contributed by atoms with Crippen molar-refractivity contribution in [2.45, 2.75) is 19.5 Å². The maximum Gasteiger partial charge on any atom is 0.242 e. The number of rotatable bonds is 3. The van der Waals surface area contributed by atoms with Crippen molar-refractivity contribution < 1.29 is 9.18 Å². The second-order valence-electron chi connectivity index (χ2n) is 4.93. The number of piperazine rings is 1. The molecule has 2 heterocycles. The SMILES string of the molecule is Cc1nnc(CN2CCNC(=O)[C@H]2c2cccc(F)c2)s1. The van der Waals surface area contributed by atoms with Gasteiger partial charge >= 0.3 is 0 Å². The first kappa shape index (κ1) is 14.1. The number of aryl methyl sites for hydroxylation is 1. The van der Waals surface area contributed by atoms with Crippen LogP contribution in [0, 0.1) is 12.7 Å². The molecule has 1 aliphatic heterocycles. The zero-order valence-electron chi connectivity index (χ0n) is 11.5. The molecule has 110 valence electrons. The topological polar surface area (TPSA) is 58.1 Å². The van der Waals surface area contributed by atoms with E-state index in [1.54, 1.807) is 12.1 Å². The minimum Gasteiger partial charge on any atom is -0.353 e. The molecule has 1 N–H and O–H groups in total. The van der Waals surface area contributed by atoms with E-state index in [2.05, 4.69) is 15.5 Å². The Bertz CT molecular complexity index is 660. The molecule has 7 heteroatoms. The zero-order chi connectivity index (χ0) is 14.8. The molecule has 1 aliphatic rings. The van der Waals surface area contributed by atoms with E-state index in [-0.39, 0.29) is 11.7 Å². The molecule has 21 heavy (non-hydrogen) atoms. The average Bonchev–Trinajstić information content (AvgIpc) is 2.84. The summed E-state index contributed by atoms with van der Waals surface area (Å²) in [6.07, 6.45) is 0. The normalized spacial score (nSPS) is 19.5. The first-order chi connectivity index (χ1) is 10.1. The van der Waals surface area contributed by atoms with Crippen molar-refractivity contribution in [1.29, 1.82) is 0 Å². The molecule has 0 saturated carbocycles. The van der Waals surface area contributed by atoms with Crippen LogP contribution in [0.1, 0.15) is 21.6 Å². The first-order valence-electron chi connectivity index (χ1n) is 6.70. The summed E-state index contributed by atoms with van der Waals surface area (Å²) in [5, 5.41) is 12.7. The van der Waals surface area contributed by atoms with Gasteiger partial charge in [-0.15, -0.1) is 21.5 Å². The molecule has 1 saturated heterocycles. The Hall–Kier alpha value is -1.86. The van der Waals surface area contributed by atoms with Gasteiger partial charge in [0.1, 0.15) is 21.9 Å². The van der Waals surface area contributed by atoms with Gasteiger partial charge in [0.15, 0.2) is 0 Å². The summed E-state index contributed by atoms with van der Waals surface area (Å²) in [5.74, 6) is -0.439. The van der Waals surface area contributed by atoms with E-state index in [0.717, 1.165) is 10.0 Å². The van der Waals surface area contributed by atoms with Gasteiger partial charge in [0.25, 0.3) is 0 Å². The van der Waals surface area contributed by atoms with Crippen molar-refractivity contribution in [3.63, 3.8) is 0 Å². The van der Waals surface area contributed by atoms with E-state index in [4.69, 9.17) is 0 Å². The highest BCUT2D eigenvalue weighted by molar-refractivity contribution is 7.11. The molecule has 1 atom stereocenters. The number of halogens is 1. The van der Waals surface area contributed by atoms with Crippen molar-refractivity contribution in [3.8, 4) is 0 Å². The maximum absolute atomic E-state index is 13.4. The molecule has 1 aromatic heterocycles. The van der Waals surface area contributed by atoms with Crippen molar-refractivity contribution >= 4 is 17.2 Å². The third-order valence-corrected chi connectivity index (χ3v) is 4.21. The van der Waals surface area contributed by atoms with E-state index in [9.17, 15) is 9.18 Å². The summed E-state index contributed by atoms with van der Waals surface area (Å²) in [4.78, 5) is 14.2. The fourth-order valence-corrected chi connectivity index (χ4v) is 3.23. The molecule has 0 unspecified atom stereocenters. The molecule has 3 rings (SSSR count). The molecule has 0 radical (unpaired) electrons. The zero-order valence-corrected chi connectivity index (χ0v) is 12.4. The lowest BCUT2D eigenvalue weighted by atomic mass is 10.0. The van der Waals surface area contributed by atoms with Gasteiger partial charge in [0, 0.05) is 13.1 Å².